The number of benzene rings is 1. The van der Waals surface area contributed by atoms with Gasteiger partial charge in [0, 0.05) is 27.2 Å². The molecule has 1 atom stereocenters. The summed E-state index contributed by atoms with van der Waals surface area (Å²) >= 11 is 0. The fourth-order valence-corrected chi connectivity index (χ4v) is 2.82. The number of carbonyl (C=O) groups is 1. The average Bonchev–Trinajstić information content (AvgIpc) is 2.73. The molecule has 1 aromatic rings. The lowest BCUT2D eigenvalue weighted by Gasteiger charge is -2.24. The summed E-state index contributed by atoms with van der Waals surface area (Å²) in [6, 6.07) is 5.70. The number of nitrogens with zero attached hydrogens (tertiary/aromatic N) is 2. The van der Waals surface area contributed by atoms with Crippen molar-refractivity contribution in [1.29, 1.82) is 0 Å². The third-order valence-electron chi connectivity index (χ3n) is 4.54. The summed E-state index contributed by atoms with van der Waals surface area (Å²) in [5.41, 5.74) is 0.978. The number of hydrogen-bond donors (Lipinski definition) is 2. The molecule has 1 aromatic carbocycles. The fraction of sp³-hybridized carbons (Fsp3) is 0.600. The van der Waals surface area contributed by atoms with Gasteiger partial charge in [-0.2, -0.15) is 0 Å². The van der Waals surface area contributed by atoms with Crippen molar-refractivity contribution in [2.45, 2.75) is 31.9 Å². The number of amides is 1. The first kappa shape index (κ1) is 21.8. The minimum Gasteiger partial charge on any atom is -0.493 e. The molecule has 1 saturated heterocycles. The molecule has 0 spiro atoms. The highest BCUT2D eigenvalue weighted by atomic mass is 16.5. The zero-order chi connectivity index (χ0) is 20.4. The molecular formula is C20H32N4O4. The summed E-state index contributed by atoms with van der Waals surface area (Å²) in [7, 11) is 6.68. The van der Waals surface area contributed by atoms with Crippen molar-refractivity contribution >= 4 is 11.9 Å². The molecule has 0 radical (unpaired) electrons. The van der Waals surface area contributed by atoms with Gasteiger partial charge < -0.3 is 29.7 Å². The minimum absolute atomic E-state index is 0.0190. The molecule has 1 heterocycles. The van der Waals surface area contributed by atoms with Crippen LogP contribution in [0.3, 0.4) is 0 Å². The van der Waals surface area contributed by atoms with E-state index in [9.17, 15) is 4.79 Å². The van der Waals surface area contributed by atoms with Gasteiger partial charge in [-0.1, -0.05) is 6.07 Å². The Morgan fingerprint density at radius 2 is 2.00 bits per heavy atom. The highest BCUT2D eigenvalue weighted by Gasteiger charge is 2.15. The van der Waals surface area contributed by atoms with Crippen LogP contribution in [-0.4, -0.2) is 70.9 Å². The van der Waals surface area contributed by atoms with Crippen molar-refractivity contribution in [3.63, 3.8) is 0 Å². The van der Waals surface area contributed by atoms with Gasteiger partial charge in [-0.25, -0.2) is 4.99 Å². The molecule has 2 N–H and O–H groups in total. The Labute approximate surface area is 167 Å². The van der Waals surface area contributed by atoms with Crippen LogP contribution in [0.15, 0.2) is 23.2 Å². The molecule has 2 rings (SSSR count). The van der Waals surface area contributed by atoms with Crippen LogP contribution in [0.5, 0.6) is 11.5 Å². The van der Waals surface area contributed by atoms with Crippen LogP contribution >= 0.6 is 0 Å². The number of ether oxygens (including phenoxy) is 3. The third-order valence-corrected chi connectivity index (χ3v) is 4.54. The quantitative estimate of drug-likeness (QED) is 0.514. The molecule has 156 valence electrons. The van der Waals surface area contributed by atoms with E-state index in [-0.39, 0.29) is 18.6 Å². The van der Waals surface area contributed by atoms with E-state index < -0.39 is 0 Å². The summed E-state index contributed by atoms with van der Waals surface area (Å²) in [5, 5.41) is 6.39. The number of hydrogen-bond acceptors (Lipinski definition) is 5. The van der Waals surface area contributed by atoms with E-state index in [0.29, 0.717) is 30.5 Å². The Kier molecular flexibility index (Phi) is 8.87. The summed E-state index contributed by atoms with van der Waals surface area (Å²) in [5.74, 6) is 1.91. The first-order valence-electron chi connectivity index (χ1n) is 9.58. The van der Waals surface area contributed by atoms with E-state index in [2.05, 4.69) is 15.6 Å². The van der Waals surface area contributed by atoms with Gasteiger partial charge in [0.05, 0.1) is 33.4 Å². The SMILES string of the molecule is COc1ccc(CN=C(NCC(=O)N(C)C)NCC2CCCCO2)cc1OC. The number of methoxy groups -OCH3 is 2. The number of aliphatic imine (C=N–C) groups is 1. The van der Waals surface area contributed by atoms with E-state index in [0.717, 1.165) is 25.0 Å². The zero-order valence-electron chi connectivity index (χ0n) is 17.3. The predicted octanol–water partition coefficient (Wildman–Crippen LogP) is 1.40. The van der Waals surface area contributed by atoms with Crippen LogP contribution in [0.25, 0.3) is 0 Å². The smallest absolute Gasteiger partial charge is 0.241 e. The number of likely N-dealkylation sites (N-methyl/N-ethyl adjacent to an activating group) is 1. The number of nitrogens with one attached hydrogen (secondary N) is 2. The molecule has 0 saturated carbocycles. The number of rotatable bonds is 8. The Balaban J connectivity index is 2.02. The maximum absolute atomic E-state index is 11.9. The van der Waals surface area contributed by atoms with Gasteiger partial charge in [0.25, 0.3) is 0 Å². The molecule has 1 unspecified atom stereocenters. The summed E-state index contributed by atoms with van der Waals surface area (Å²) < 4.78 is 16.4. The molecule has 8 heteroatoms. The lowest BCUT2D eigenvalue weighted by molar-refractivity contribution is -0.127. The number of carbonyl (C=O) groups excluding carboxylic acids is 1. The van der Waals surface area contributed by atoms with Gasteiger partial charge in [-0.05, 0) is 37.0 Å². The van der Waals surface area contributed by atoms with Crippen molar-refractivity contribution < 1.29 is 19.0 Å². The normalized spacial score (nSPS) is 17.0. The second-order valence-electron chi connectivity index (χ2n) is 6.87. The zero-order valence-corrected chi connectivity index (χ0v) is 17.3. The highest BCUT2D eigenvalue weighted by molar-refractivity contribution is 5.86. The molecule has 28 heavy (non-hydrogen) atoms. The van der Waals surface area contributed by atoms with Gasteiger partial charge in [0.2, 0.25) is 5.91 Å². The van der Waals surface area contributed by atoms with Gasteiger partial charge in [-0.15, -0.1) is 0 Å². The molecule has 0 aliphatic carbocycles. The molecule has 1 amide bonds. The van der Waals surface area contributed by atoms with Crippen LogP contribution in [0, 0.1) is 0 Å². The summed E-state index contributed by atoms with van der Waals surface area (Å²) in [4.78, 5) is 18.1. The highest BCUT2D eigenvalue weighted by Crippen LogP contribution is 2.27. The lowest BCUT2D eigenvalue weighted by Crippen LogP contribution is -2.45. The number of guanidine groups is 1. The second kappa shape index (κ2) is 11.4. The van der Waals surface area contributed by atoms with E-state index in [4.69, 9.17) is 14.2 Å². The van der Waals surface area contributed by atoms with Gasteiger partial charge in [0.1, 0.15) is 0 Å². The Hall–Kier alpha value is -2.48. The minimum atomic E-state index is -0.0190. The lowest BCUT2D eigenvalue weighted by atomic mass is 10.1. The van der Waals surface area contributed by atoms with Gasteiger partial charge in [-0.3, -0.25) is 4.79 Å². The van der Waals surface area contributed by atoms with Crippen molar-refractivity contribution in [2.24, 2.45) is 4.99 Å². The first-order valence-corrected chi connectivity index (χ1v) is 9.58. The topological polar surface area (TPSA) is 84.4 Å². The fourth-order valence-electron chi connectivity index (χ4n) is 2.82. The Bertz CT molecular complexity index is 658. The molecule has 8 nitrogen and oxygen atoms in total. The first-order chi connectivity index (χ1) is 13.5. The van der Waals surface area contributed by atoms with Crippen LogP contribution in [-0.2, 0) is 16.1 Å². The largest absolute Gasteiger partial charge is 0.493 e. The van der Waals surface area contributed by atoms with Crippen LogP contribution in [0.1, 0.15) is 24.8 Å². The van der Waals surface area contributed by atoms with Crippen molar-refractivity contribution in [3.8, 4) is 11.5 Å². The van der Waals surface area contributed by atoms with Crippen LogP contribution in [0.4, 0.5) is 0 Å². The predicted molar refractivity (Wildman–Crippen MR) is 109 cm³/mol. The molecule has 1 aliphatic heterocycles. The van der Waals surface area contributed by atoms with Crippen molar-refractivity contribution in [3.05, 3.63) is 23.8 Å². The van der Waals surface area contributed by atoms with Gasteiger partial charge >= 0.3 is 0 Å². The monoisotopic (exact) mass is 392 g/mol. The Morgan fingerprint density at radius 3 is 2.64 bits per heavy atom. The average molecular weight is 393 g/mol. The van der Waals surface area contributed by atoms with Crippen molar-refractivity contribution in [2.75, 3.05) is 48.0 Å². The summed E-state index contributed by atoms with van der Waals surface area (Å²) in [6.45, 7) is 2.08. The maximum Gasteiger partial charge on any atom is 0.241 e. The van der Waals surface area contributed by atoms with E-state index in [1.54, 1.807) is 33.2 Å². The molecule has 1 aliphatic rings. The van der Waals surface area contributed by atoms with E-state index in [1.807, 2.05) is 18.2 Å². The van der Waals surface area contributed by atoms with Crippen LogP contribution < -0.4 is 20.1 Å². The standard InChI is InChI=1S/C20H32N4O4/c1-24(2)19(25)14-23-20(22-13-16-7-5-6-10-28-16)21-12-15-8-9-17(26-3)18(11-15)27-4/h8-9,11,16H,5-7,10,12-14H2,1-4H3,(H2,21,22,23). The van der Waals surface area contributed by atoms with Crippen molar-refractivity contribution in [1.82, 2.24) is 15.5 Å². The summed E-state index contributed by atoms with van der Waals surface area (Å²) in [6.07, 6.45) is 3.50. The second-order valence-corrected chi connectivity index (χ2v) is 6.87. The molecule has 1 fully saturated rings. The van der Waals surface area contributed by atoms with Gasteiger partial charge in [0.15, 0.2) is 17.5 Å². The Morgan fingerprint density at radius 1 is 1.21 bits per heavy atom. The van der Waals surface area contributed by atoms with E-state index in [1.165, 1.54) is 6.42 Å². The third kappa shape index (κ3) is 6.92. The molecule has 0 bridgehead atoms. The van der Waals surface area contributed by atoms with Crippen LogP contribution in [0.2, 0.25) is 0 Å². The molecule has 0 aromatic heterocycles. The maximum atomic E-state index is 11.9. The van der Waals surface area contributed by atoms with E-state index >= 15 is 0 Å². The molecular weight excluding hydrogens is 360 g/mol.